The van der Waals surface area contributed by atoms with Crippen molar-refractivity contribution in [2.24, 2.45) is 0 Å². The minimum absolute atomic E-state index is 0.00690. The molecule has 0 amide bonds. The number of hydrogen-bond acceptors (Lipinski definition) is 4. The highest BCUT2D eigenvalue weighted by molar-refractivity contribution is 9.11. The molecule has 20 heavy (non-hydrogen) atoms. The van der Waals surface area contributed by atoms with Crippen molar-refractivity contribution in [1.82, 2.24) is 9.97 Å². The highest BCUT2D eigenvalue weighted by Crippen LogP contribution is 2.31. The summed E-state index contributed by atoms with van der Waals surface area (Å²) in [5, 5.41) is 5.76. The third-order valence-electron chi connectivity index (χ3n) is 2.40. The first-order chi connectivity index (χ1) is 9.52. The van der Waals surface area contributed by atoms with Crippen LogP contribution in [0, 0.1) is 11.6 Å². The molecule has 0 atom stereocenters. The van der Waals surface area contributed by atoms with Gasteiger partial charge in [0.2, 0.25) is 0 Å². The van der Waals surface area contributed by atoms with Crippen LogP contribution in [-0.4, -0.2) is 16.5 Å². The summed E-state index contributed by atoms with van der Waals surface area (Å²) in [7, 11) is 0. The normalized spacial score (nSPS) is 10.4. The average Bonchev–Trinajstić information content (AvgIpc) is 2.40. The van der Waals surface area contributed by atoms with Crippen LogP contribution in [0.15, 0.2) is 27.4 Å². The van der Waals surface area contributed by atoms with E-state index in [0.717, 1.165) is 12.1 Å². The summed E-state index contributed by atoms with van der Waals surface area (Å²) in [6.45, 7) is 2.60. The van der Waals surface area contributed by atoms with Gasteiger partial charge in [-0.15, -0.1) is 0 Å². The lowest BCUT2D eigenvalue weighted by atomic mass is 10.3. The molecule has 8 heteroatoms. The lowest BCUT2D eigenvalue weighted by molar-refractivity contribution is 0.597. The standard InChI is InChI=1S/C12H10Br2F2N4/c1-2-17-11-10(14)12(19-5-18-11)20-9-4-7(15)6(13)3-8(9)16/h3-5H,2H2,1H3,(H2,17,18,19,20). The zero-order valence-corrected chi connectivity index (χ0v) is 13.5. The fourth-order valence-electron chi connectivity index (χ4n) is 1.49. The van der Waals surface area contributed by atoms with Gasteiger partial charge in [-0.3, -0.25) is 0 Å². The van der Waals surface area contributed by atoms with Gasteiger partial charge in [-0.05, 0) is 44.8 Å². The summed E-state index contributed by atoms with van der Waals surface area (Å²) >= 11 is 6.25. The Morgan fingerprint density at radius 3 is 2.50 bits per heavy atom. The van der Waals surface area contributed by atoms with Gasteiger partial charge in [0.15, 0.2) is 0 Å². The molecule has 1 aromatic heterocycles. The SMILES string of the molecule is CCNc1ncnc(Nc2cc(F)c(Br)cc2F)c1Br. The van der Waals surface area contributed by atoms with E-state index in [1.165, 1.54) is 6.33 Å². The molecule has 0 aliphatic heterocycles. The Kier molecular flexibility index (Phi) is 4.87. The lowest BCUT2D eigenvalue weighted by Crippen LogP contribution is -2.04. The number of benzene rings is 1. The number of nitrogens with zero attached hydrogens (tertiary/aromatic N) is 2. The molecule has 0 spiro atoms. The molecule has 0 aliphatic carbocycles. The Balaban J connectivity index is 2.35. The number of aromatic nitrogens is 2. The quantitative estimate of drug-likeness (QED) is 0.735. The van der Waals surface area contributed by atoms with Crippen LogP contribution in [0.4, 0.5) is 26.1 Å². The zero-order chi connectivity index (χ0) is 14.7. The van der Waals surface area contributed by atoms with Crippen LogP contribution < -0.4 is 10.6 Å². The van der Waals surface area contributed by atoms with Gasteiger partial charge in [0.25, 0.3) is 0 Å². The minimum Gasteiger partial charge on any atom is -0.369 e. The first-order valence-corrected chi connectivity index (χ1v) is 7.27. The van der Waals surface area contributed by atoms with Crippen molar-refractivity contribution in [3.63, 3.8) is 0 Å². The molecule has 1 aromatic carbocycles. The molecule has 0 bridgehead atoms. The summed E-state index contributed by atoms with van der Waals surface area (Å²) in [5.74, 6) is -0.237. The Hall–Kier alpha value is -1.28. The first kappa shape index (κ1) is 15.1. The van der Waals surface area contributed by atoms with E-state index in [0.29, 0.717) is 22.7 Å². The molecule has 0 fully saturated rings. The van der Waals surface area contributed by atoms with Gasteiger partial charge < -0.3 is 10.6 Å². The van der Waals surface area contributed by atoms with Gasteiger partial charge in [0.1, 0.15) is 34.1 Å². The number of rotatable bonds is 4. The van der Waals surface area contributed by atoms with Crippen molar-refractivity contribution in [3.05, 3.63) is 39.0 Å². The van der Waals surface area contributed by atoms with Gasteiger partial charge in [0, 0.05) is 12.6 Å². The van der Waals surface area contributed by atoms with Crippen molar-refractivity contribution in [2.75, 3.05) is 17.2 Å². The van der Waals surface area contributed by atoms with E-state index < -0.39 is 11.6 Å². The monoisotopic (exact) mass is 406 g/mol. The van der Waals surface area contributed by atoms with Crippen LogP contribution in [0.3, 0.4) is 0 Å². The molecule has 0 aliphatic rings. The number of halogens is 4. The van der Waals surface area contributed by atoms with Crippen LogP contribution in [0.25, 0.3) is 0 Å². The van der Waals surface area contributed by atoms with Crippen LogP contribution in [0.1, 0.15) is 6.92 Å². The van der Waals surface area contributed by atoms with Crippen LogP contribution >= 0.6 is 31.9 Å². The third-order valence-corrected chi connectivity index (χ3v) is 3.76. The second-order valence-corrected chi connectivity index (χ2v) is 5.43. The molecule has 0 radical (unpaired) electrons. The van der Waals surface area contributed by atoms with Crippen molar-refractivity contribution in [3.8, 4) is 0 Å². The molecule has 4 nitrogen and oxygen atoms in total. The van der Waals surface area contributed by atoms with E-state index in [1.807, 2.05) is 6.92 Å². The van der Waals surface area contributed by atoms with Gasteiger partial charge in [-0.1, -0.05) is 0 Å². The summed E-state index contributed by atoms with van der Waals surface area (Å²) in [5.41, 5.74) is -0.00690. The maximum absolute atomic E-state index is 13.8. The molecular weight excluding hydrogens is 398 g/mol. The molecule has 106 valence electrons. The van der Waals surface area contributed by atoms with Crippen molar-refractivity contribution >= 4 is 49.2 Å². The first-order valence-electron chi connectivity index (χ1n) is 5.68. The van der Waals surface area contributed by atoms with Crippen molar-refractivity contribution < 1.29 is 8.78 Å². The fraction of sp³-hybridized carbons (Fsp3) is 0.167. The highest BCUT2D eigenvalue weighted by atomic mass is 79.9. The summed E-state index contributed by atoms with van der Waals surface area (Å²) < 4.78 is 27.8. The van der Waals surface area contributed by atoms with Gasteiger partial charge >= 0.3 is 0 Å². The molecule has 0 saturated heterocycles. The van der Waals surface area contributed by atoms with Crippen LogP contribution in [0.5, 0.6) is 0 Å². The Morgan fingerprint density at radius 1 is 1.10 bits per heavy atom. The van der Waals surface area contributed by atoms with Crippen LogP contribution in [0.2, 0.25) is 0 Å². The average molecular weight is 408 g/mol. The fourth-order valence-corrected chi connectivity index (χ4v) is 2.25. The summed E-state index contributed by atoms with van der Waals surface area (Å²) in [6.07, 6.45) is 1.33. The van der Waals surface area contributed by atoms with Gasteiger partial charge in [-0.25, -0.2) is 18.7 Å². The lowest BCUT2D eigenvalue weighted by Gasteiger charge is -2.11. The van der Waals surface area contributed by atoms with Crippen molar-refractivity contribution in [1.29, 1.82) is 0 Å². The predicted molar refractivity (Wildman–Crippen MR) is 81.2 cm³/mol. The molecule has 1 heterocycles. The summed E-state index contributed by atoms with van der Waals surface area (Å²) in [6, 6.07) is 2.11. The second-order valence-electron chi connectivity index (χ2n) is 3.79. The van der Waals surface area contributed by atoms with E-state index in [1.54, 1.807) is 0 Å². The largest absolute Gasteiger partial charge is 0.369 e. The Morgan fingerprint density at radius 2 is 1.80 bits per heavy atom. The van der Waals surface area contributed by atoms with E-state index >= 15 is 0 Å². The molecule has 2 N–H and O–H groups in total. The van der Waals surface area contributed by atoms with E-state index in [4.69, 9.17) is 0 Å². The molecular formula is C12H10Br2F2N4. The van der Waals surface area contributed by atoms with Crippen LogP contribution in [-0.2, 0) is 0 Å². The number of anilines is 3. The smallest absolute Gasteiger partial charge is 0.150 e. The molecule has 2 aromatic rings. The van der Waals surface area contributed by atoms with Gasteiger partial charge in [0.05, 0.1) is 10.2 Å². The number of nitrogens with one attached hydrogen (secondary N) is 2. The van der Waals surface area contributed by atoms with Gasteiger partial charge in [-0.2, -0.15) is 0 Å². The summed E-state index contributed by atoms with van der Waals surface area (Å²) in [4.78, 5) is 8.04. The minimum atomic E-state index is -0.589. The molecule has 2 rings (SSSR count). The van der Waals surface area contributed by atoms with E-state index in [-0.39, 0.29) is 10.2 Å². The van der Waals surface area contributed by atoms with E-state index in [9.17, 15) is 8.78 Å². The Labute approximate surface area is 131 Å². The number of hydrogen-bond donors (Lipinski definition) is 2. The van der Waals surface area contributed by atoms with E-state index in [2.05, 4.69) is 52.5 Å². The maximum Gasteiger partial charge on any atom is 0.150 e. The third kappa shape index (κ3) is 3.24. The topological polar surface area (TPSA) is 49.8 Å². The molecule has 0 unspecified atom stereocenters. The predicted octanol–water partition coefficient (Wildman–Crippen LogP) is 4.46. The Bertz CT molecular complexity index is 637. The maximum atomic E-state index is 13.8. The second kappa shape index (κ2) is 6.45. The van der Waals surface area contributed by atoms with Crippen molar-refractivity contribution in [2.45, 2.75) is 6.92 Å². The zero-order valence-electron chi connectivity index (χ0n) is 10.3. The highest BCUT2D eigenvalue weighted by Gasteiger charge is 2.12. The molecule has 0 saturated carbocycles.